The third kappa shape index (κ3) is 4.33. The minimum absolute atomic E-state index is 0.000691. The SMILES string of the molecule is Cc1cccc(C)c1OCC(=O)N1CC[NH+]([C@H]2CCS(=O)(=O)C2)CC1. The summed E-state index contributed by atoms with van der Waals surface area (Å²) in [5, 5.41) is 0. The van der Waals surface area contributed by atoms with Crippen LogP contribution in [0.2, 0.25) is 0 Å². The summed E-state index contributed by atoms with van der Waals surface area (Å²) in [5.74, 6) is 1.40. The molecule has 1 aromatic carbocycles. The van der Waals surface area contributed by atoms with Crippen LogP contribution in [0.3, 0.4) is 0 Å². The van der Waals surface area contributed by atoms with Gasteiger partial charge in [-0.3, -0.25) is 4.79 Å². The molecular formula is C18H27N2O4S+. The molecule has 1 atom stereocenters. The van der Waals surface area contributed by atoms with Gasteiger partial charge in [0.2, 0.25) is 0 Å². The fourth-order valence-electron chi connectivity index (χ4n) is 3.82. The lowest BCUT2D eigenvalue weighted by molar-refractivity contribution is -0.925. The maximum absolute atomic E-state index is 12.4. The van der Waals surface area contributed by atoms with Gasteiger partial charge in [0.1, 0.15) is 17.5 Å². The predicted molar refractivity (Wildman–Crippen MR) is 95.7 cm³/mol. The minimum Gasteiger partial charge on any atom is -0.483 e. The predicted octanol–water partition coefficient (Wildman–Crippen LogP) is -0.404. The Kier molecular flexibility index (Phi) is 5.34. The molecule has 3 rings (SSSR count). The van der Waals surface area contributed by atoms with E-state index in [2.05, 4.69) is 0 Å². The van der Waals surface area contributed by atoms with Gasteiger partial charge in [-0.25, -0.2) is 8.42 Å². The topological polar surface area (TPSA) is 68.1 Å². The molecule has 0 bridgehead atoms. The minimum atomic E-state index is -2.84. The Hall–Kier alpha value is -1.60. The van der Waals surface area contributed by atoms with E-state index in [-0.39, 0.29) is 18.6 Å². The van der Waals surface area contributed by atoms with E-state index in [1.807, 2.05) is 36.9 Å². The zero-order valence-electron chi connectivity index (χ0n) is 15.0. The molecule has 6 nitrogen and oxygen atoms in total. The summed E-state index contributed by atoms with van der Waals surface area (Å²) in [6.45, 7) is 6.97. The van der Waals surface area contributed by atoms with Crippen molar-refractivity contribution in [2.75, 3.05) is 44.3 Å². The molecule has 25 heavy (non-hydrogen) atoms. The Bertz CT molecular complexity index is 719. The molecule has 0 spiro atoms. The summed E-state index contributed by atoms with van der Waals surface area (Å²) in [6, 6.07) is 6.13. The van der Waals surface area contributed by atoms with Crippen molar-refractivity contribution in [2.45, 2.75) is 26.3 Å². The molecule has 0 radical (unpaired) electrons. The standard InChI is InChI=1S/C18H26N2O4S/c1-14-4-3-5-15(2)18(14)24-12-17(21)20-9-7-19(8-10-20)16-6-11-25(22,23)13-16/h3-5,16H,6-13H2,1-2H3/p+1/t16-/m0/s1. The van der Waals surface area contributed by atoms with Gasteiger partial charge in [-0.05, 0) is 25.0 Å². The maximum Gasteiger partial charge on any atom is 0.260 e. The van der Waals surface area contributed by atoms with Crippen LogP contribution in [-0.4, -0.2) is 69.6 Å². The second-order valence-corrected chi connectivity index (χ2v) is 9.38. The average molecular weight is 367 g/mol. The number of aryl methyl sites for hydroxylation is 2. The molecule has 0 aromatic heterocycles. The molecule has 0 aliphatic carbocycles. The molecule has 2 saturated heterocycles. The molecular weight excluding hydrogens is 340 g/mol. The highest BCUT2D eigenvalue weighted by molar-refractivity contribution is 7.91. The van der Waals surface area contributed by atoms with Gasteiger partial charge in [-0.15, -0.1) is 0 Å². The summed E-state index contributed by atoms with van der Waals surface area (Å²) < 4.78 is 29.0. The Balaban J connectivity index is 1.49. The van der Waals surface area contributed by atoms with Crippen LogP contribution in [0.25, 0.3) is 0 Å². The Morgan fingerprint density at radius 3 is 2.44 bits per heavy atom. The number of amides is 1. The molecule has 0 saturated carbocycles. The first-order chi connectivity index (χ1) is 11.9. The van der Waals surface area contributed by atoms with Gasteiger partial charge in [0.05, 0.1) is 31.9 Å². The van der Waals surface area contributed by atoms with Crippen LogP contribution in [0.1, 0.15) is 17.5 Å². The first kappa shape index (κ1) is 18.2. The van der Waals surface area contributed by atoms with Crippen molar-refractivity contribution in [3.63, 3.8) is 0 Å². The number of para-hydroxylation sites is 1. The zero-order valence-corrected chi connectivity index (χ0v) is 15.8. The van der Waals surface area contributed by atoms with Gasteiger partial charge in [0.25, 0.3) is 5.91 Å². The van der Waals surface area contributed by atoms with Crippen LogP contribution in [-0.2, 0) is 14.6 Å². The lowest BCUT2D eigenvalue weighted by atomic mass is 10.1. The average Bonchev–Trinajstić information content (AvgIpc) is 2.94. The summed E-state index contributed by atoms with van der Waals surface area (Å²) in [5.41, 5.74) is 2.06. The highest BCUT2D eigenvalue weighted by atomic mass is 32.2. The lowest BCUT2D eigenvalue weighted by Crippen LogP contribution is -3.18. The number of piperazine rings is 1. The van der Waals surface area contributed by atoms with Gasteiger partial charge in [0.15, 0.2) is 16.4 Å². The van der Waals surface area contributed by atoms with Crippen LogP contribution < -0.4 is 9.64 Å². The number of hydrogen-bond donors (Lipinski definition) is 1. The van der Waals surface area contributed by atoms with Gasteiger partial charge < -0.3 is 14.5 Å². The van der Waals surface area contributed by atoms with Crippen molar-refractivity contribution in [2.24, 2.45) is 0 Å². The number of nitrogens with zero attached hydrogens (tertiary/aromatic N) is 1. The van der Waals surface area contributed by atoms with E-state index in [0.717, 1.165) is 36.4 Å². The van der Waals surface area contributed by atoms with Crippen molar-refractivity contribution in [3.05, 3.63) is 29.3 Å². The Morgan fingerprint density at radius 2 is 1.88 bits per heavy atom. The summed E-state index contributed by atoms with van der Waals surface area (Å²) >= 11 is 0. The van der Waals surface area contributed by atoms with Crippen LogP contribution in [0.5, 0.6) is 5.75 Å². The molecule has 1 aromatic rings. The molecule has 0 unspecified atom stereocenters. The maximum atomic E-state index is 12.4. The highest BCUT2D eigenvalue weighted by Gasteiger charge is 2.37. The van der Waals surface area contributed by atoms with Crippen molar-refractivity contribution >= 4 is 15.7 Å². The van der Waals surface area contributed by atoms with E-state index in [1.54, 1.807) is 0 Å². The molecule has 2 heterocycles. The Morgan fingerprint density at radius 1 is 1.24 bits per heavy atom. The van der Waals surface area contributed by atoms with Crippen LogP contribution >= 0.6 is 0 Å². The third-order valence-electron chi connectivity index (χ3n) is 5.32. The van der Waals surface area contributed by atoms with E-state index in [9.17, 15) is 13.2 Å². The highest BCUT2D eigenvalue weighted by Crippen LogP contribution is 2.22. The number of benzene rings is 1. The van der Waals surface area contributed by atoms with Crippen molar-refractivity contribution in [1.82, 2.24) is 4.90 Å². The van der Waals surface area contributed by atoms with Crippen LogP contribution in [0, 0.1) is 13.8 Å². The molecule has 2 aliphatic heterocycles. The monoisotopic (exact) mass is 367 g/mol. The smallest absolute Gasteiger partial charge is 0.260 e. The van der Waals surface area contributed by atoms with Crippen molar-refractivity contribution in [3.8, 4) is 5.75 Å². The van der Waals surface area contributed by atoms with Gasteiger partial charge in [0, 0.05) is 6.42 Å². The van der Waals surface area contributed by atoms with Gasteiger partial charge in [-0.1, -0.05) is 18.2 Å². The number of carbonyl (C=O) groups is 1. The third-order valence-corrected chi connectivity index (χ3v) is 7.08. The van der Waals surface area contributed by atoms with Crippen LogP contribution in [0.15, 0.2) is 18.2 Å². The van der Waals surface area contributed by atoms with E-state index in [1.165, 1.54) is 4.90 Å². The van der Waals surface area contributed by atoms with E-state index in [4.69, 9.17) is 4.74 Å². The summed E-state index contributed by atoms with van der Waals surface area (Å²) in [7, 11) is -2.84. The largest absolute Gasteiger partial charge is 0.483 e. The van der Waals surface area contributed by atoms with Crippen molar-refractivity contribution in [1.29, 1.82) is 0 Å². The van der Waals surface area contributed by atoms with Gasteiger partial charge in [-0.2, -0.15) is 0 Å². The molecule has 2 aliphatic rings. The van der Waals surface area contributed by atoms with E-state index >= 15 is 0 Å². The quantitative estimate of drug-likeness (QED) is 0.786. The molecule has 1 amide bonds. The first-order valence-electron chi connectivity index (χ1n) is 8.87. The number of rotatable bonds is 4. The molecule has 7 heteroatoms. The number of nitrogens with one attached hydrogen (secondary N) is 1. The first-order valence-corrected chi connectivity index (χ1v) is 10.7. The number of quaternary nitrogens is 1. The number of hydrogen-bond acceptors (Lipinski definition) is 4. The zero-order chi connectivity index (χ0) is 18.0. The van der Waals surface area contributed by atoms with Gasteiger partial charge >= 0.3 is 0 Å². The lowest BCUT2D eigenvalue weighted by Gasteiger charge is -2.35. The molecule has 1 N–H and O–H groups in total. The van der Waals surface area contributed by atoms with Crippen molar-refractivity contribution < 1.29 is 22.8 Å². The number of sulfone groups is 1. The number of ether oxygens (including phenoxy) is 1. The fraction of sp³-hybridized carbons (Fsp3) is 0.611. The second-order valence-electron chi connectivity index (χ2n) is 7.15. The molecule has 138 valence electrons. The summed E-state index contributed by atoms with van der Waals surface area (Å²) in [4.78, 5) is 15.6. The number of carbonyl (C=O) groups excluding carboxylic acids is 1. The Labute approximate surface area is 149 Å². The molecule has 2 fully saturated rings. The van der Waals surface area contributed by atoms with E-state index in [0.29, 0.717) is 24.6 Å². The second kappa shape index (κ2) is 7.33. The normalized spacial score (nSPS) is 23.6. The fourth-order valence-corrected chi connectivity index (χ4v) is 5.65. The summed E-state index contributed by atoms with van der Waals surface area (Å²) in [6.07, 6.45) is 0.751. The van der Waals surface area contributed by atoms with Crippen LogP contribution in [0.4, 0.5) is 0 Å². The van der Waals surface area contributed by atoms with E-state index < -0.39 is 9.84 Å².